The van der Waals surface area contributed by atoms with Crippen molar-refractivity contribution >= 4 is 11.8 Å². The number of hydrogen-bond donors (Lipinski definition) is 0. The smallest absolute Gasteiger partial charge is 0.130 e. The molecule has 0 saturated heterocycles. The first kappa shape index (κ1) is 12.0. The highest BCUT2D eigenvalue weighted by Gasteiger charge is 2.17. The Kier molecular flexibility index (Phi) is 3.74. The summed E-state index contributed by atoms with van der Waals surface area (Å²) in [5.41, 5.74) is 0.100. The molecule has 2 aromatic rings. The molecule has 0 saturated carbocycles. The minimum atomic E-state index is -0.513. The minimum Gasteiger partial charge on any atom is -0.250 e. The summed E-state index contributed by atoms with van der Waals surface area (Å²) in [7, 11) is 0. The van der Waals surface area contributed by atoms with E-state index in [2.05, 4.69) is 4.98 Å². The van der Waals surface area contributed by atoms with Crippen molar-refractivity contribution in [2.24, 2.45) is 0 Å². The second kappa shape index (κ2) is 5.27. The number of thioether (sulfide) groups is 1. The molecular weight excluding hydrogens is 240 g/mol. The van der Waals surface area contributed by atoms with Crippen molar-refractivity contribution in [2.75, 3.05) is 0 Å². The molecule has 0 radical (unpaired) electrons. The quantitative estimate of drug-likeness (QED) is 0.758. The highest BCUT2D eigenvalue weighted by molar-refractivity contribution is 7.99. The van der Waals surface area contributed by atoms with Crippen LogP contribution in [0.5, 0.6) is 0 Å². The summed E-state index contributed by atoms with van der Waals surface area (Å²) in [6, 6.07) is 9.38. The Bertz CT molecular complexity index is 482. The minimum absolute atomic E-state index is 0.100. The van der Waals surface area contributed by atoms with Crippen LogP contribution in [0.2, 0.25) is 0 Å². The van der Waals surface area contributed by atoms with Gasteiger partial charge in [-0.1, -0.05) is 23.9 Å². The van der Waals surface area contributed by atoms with Gasteiger partial charge in [0.25, 0.3) is 0 Å². The van der Waals surface area contributed by atoms with Gasteiger partial charge in [-0.05, 0) is 31.2 Å². The molecule has 0 spiro atoms. The summed E-state index contributed by atoms with van der Waals surface area (Å²) in [6.07, 6.45) is 1.66. The van der Waals surface area contributed by atoms with Crippen LogP contribution in [-0.2, 0) is 0 Å². The van der Waals surface area contributed by atoms with E-state index < -0.39 is 11.6 Å². The van der Waals surface area contributed by atoms with Gasteiger partial charge < -0.3 is 0 Å². The van der Waals surface area contributed by atoms with Crippen molar-refractivity contribution in [2.45, 2.75) is 17.2 Å². The van der Waals surface area contributed by atoms with Crippen LogP contribution >= 0.6 is 11.8 Å². The van der Waals surface area contributed by atoms with Gasteiger partial charge in [-0.3, -0.25) is 0 Å². The van der Waals surface area contributed by atoms with Crippen molar-refractivity contribution in [3.63, 3.8) is 0 Å². The number of hydrogen-bond acceptors (Lipinski definition) is 2. The lowest BCUT2D eigenvalue weighted by molar-refractivity contribution is 0.557. The van der Waals surface area contributed by atoms with Gasteiger partial charge in [0, 0.05) is 17.0 Å². The molecule has 17 heavy (non-hydrogen) atoms. The number of aromatic nitrogens is 1. The average molecular weight is 251 g/mol. The molecule has 1 nitrogen and oxygen atoms in total. The van der Waals surface area contributed by atoms with E-state index in [-0.39, 0.29) is 10.8 Å². The van der Waals surface area contributed by atoms with E-state index in [4.69, 9.17) is 0 Å². The zero-order valence-electron chi connectivity index (χ0n) is 9.23. The average Bonchev–Trinajstić information content (AvgIpc) is 2.30. The highest BCUT2D eigenvalue weighted by Crippen LogP contribution is 2.35. The van der Waals surface area contributed by atoms with Gasteiger partial charge in [0.15, 0.2) is 0 Å². The van der Waals surface area contributed by atoms with Crippen molar-refractivity contribution < 1.29 is 8.78 Å². The predicted molar refractivity (Wildman–Crippen MR) is 64.9 cm³/mol. The SMILES string of the molecule is CC(Sc1ccccn1)c1c(F)cccc1F. The summed E-state index contributed by atoms with van der Waals surface area (Å²) < 4.78 is 27.1. The van der Waals surface area contributed by atoms with Crippen molar-refractivity contribution in [3.05, 3.63) is 59.8 Å². The predicted octanol–water partition coefficient (Wildman–Crippen LogP) is 4.21. The number of nitrogens with zero attached hydrogens (tertiary/aromatic N) is 1. The Hall–Kier alpha value is -1.42. The lowest BCUT2D eigenvalue weighted by Gasteiger charge is -2.12. The second-order valence-electron chi connectivity index (χ2n) is 3.56. The van der Waals surface area contributed by atoms with Gasteiger partial charge in [0.1, 0.15) is 11.6 Å². The Balaban J connectivity index is 2.23. The lowest BCUT2D eigenvalue weighted by Crippen LogP contribution is -1.98. The molecule has 0 aliphatic heterocycles. The van der Waals surface area contributed by atoms with E-state index in [1.54, 1.807) is 19.2 Å². The van der Waals surface area contributed by atoms with Crippen LogP contribution in [0.15, 0.2) is 47.6 Å². The fourth-order valence-electron chi connectivity index (χ4n) is 1.56. The van der Waals surface area contributed by atoms with E-state index in [0.717, 1.165) is 5.03 Å². The standard InChI is InChI=1S/C13H11F2NS/c1-9(17-12-7-2-3-8-16-12)13-10(14)5-4-6-11(13)15/h2-9H,1H3. The van der Waals surface area contributed by atoms with Gasteiger partial charge in [-0.25, -0.2) is 13.8 Å². The molecule has 1 unspecified atom stereocenters. The van der Waals surface area contributed by atoms with Crippen LogP contribution in [0.4, 0.5) is 8.78 Å². The molecule has 1 aromatic carbocycles. The molecule has 0 amide bonds. The van der Waals surface area contributed by atoms with Crippen LogP contribution in [-0.4, -0.2) is 4.98 Å². The summed E-state index contributed by atoms with van der Waals surface area (Å²) >= 11 is 1.33. The lowest BCUT2D eigenvalue weighted by atomic mass is 10.1. The Morgan fingerprint density at radius 2 is 1.76 bits per heavy atom. The van der Waals surface area contributed by atoms with Gasteiger partial charge >= 0.3 is 0 Å². The number of rotatable bonds is 3. The van der Waals surface area contributed by atoms with Gasteiger partial charge in [0.05, 0.1) is 5.03 Å². The highest BCUT2D eigenvalue weighted by atomic mass is 32.2. The van der Waals surface area contributed by atoms with Crippen LogP contribution in [0.3, 0.4) is 0 Å². The third-order valence-electron chi connectivity index (χ3n) is 2.34. The van der Waals surface area contributed by atoms with Gasteiger partial charge in [-0.2, -0.15) is 0 Å². The summed E-state index contributed by atoms with van der Waals surface area (Å²) in [5, 5.41) is 0.439. The van der Waals surface area contributed by atoms with E-state index >= 15 is 0 Å². The van der Waals surface area contributed by atoms with Crippen LogP contribution < -0.4 is 0 Å². The van der Waals surface area contributed by atoms with E-state index in [1.165, 1.54) is 30.0 Å². The molecule has 0 fully saturated rings. The molecule has 88 valence electrons. The zero-order valence-corrected chi connectivity index (χ0v) is 10.0. The summed E-state index contributed by atoms with van der Waals surface area (Å²) in [5.74, 6) is -1.03. The first-order chi connectivity index (χ1) is 8.18. The normalized spacial score (nSPS) is 12.4. The second-order valence-corrected chi connectivity index (χ2v) is 4.92. The molecule has 0 aliphatic carbocycles. The number of benzene rings is 1. The Morgan fingerprint density at radius 3 is 2.35 bits per heavy atom. The topological polar surface area (TPSA) is 12.9 Å². The van der Waals surface area contributed by atoms with Gasteiger partial charge in [0.2, 0.25) is 0 Å². The third kappa shape index (κ3) is 2.82. The first-order valence-electron chi connectivity index (χ1n) is 5.20. The van der Waals surface area contributed by atoms with E-state index in [0.29, 0.717) is 0 Å². The monoisotopic (exact) mass is 251 g/mol. The Morgan fingerprint density at radius 1 is 1.06 bits per heavy atom. The molecule has 1 heterocycles. The van der Waals surface area contributed by atoms with E-state index in [1.807, 2.05) is 12.1 Å². The summed E-state index contributed by atoms with van der Waals surface area (Å²) in [4.78, 5) is 4.12. The van der Waals surface area contributed by atoms with Crippen LogP contribution in [0.1, 0.15) is 17.7 Å². The molecule has 1 atom stereocenters. The van der Waals surface area contributed by atoms with Crippen LogP contribution in [0.25, 0.3) is 0 Å². The largest absolute Gasteiger partial charge is 0.250 e. The van der Waals surface area contributed by atoms with Crippen LogP contribution in [0, 0.1) is 11.6 Å². The molecule has 2 rings (SSSR count). The Labute approximate surface area is 103 Å². The summed E-state index contributed by atoms with van der Waals surface area (Å²) in [6.45, 7) is 1.76. The maximum atomic E-state index is 13.5. The molecule has 0 aliphatic rings. The maximum absolute atomic E-state index is 13.5. The fraction of sp³-hybridized carbons (Fsp3) is 0.154. The van der Waals surface area contributed by atoms with Crippen molar-refractivity contribution in [3.8, 4) is 0 Å². The number of halogens is 2. The number of pyridine rings is 1. The zero-order chi connectivity index (χ0) is 12.3. The third-order valence-corrected chi connectivity index (χ3v) is 3.41. The fourth-order valence-corrected chi connectivity index (χ4v) is 2.54. The first-order valence-corrected chi connectivity index (χ1v) is 6.08. The molecule has 0 N–H and O–H groups in total. The molecular formula is C13H11F2NS. The maximum Gasteiger partial charge on any atom is 0.130 e. The molecule has 0 bridgehead atoms. The molecule has 1 aromatic heterocycles. The van der Waals surface area contributed by atoms with Crippen molar-refractivity contribution in [1.29, 1.82) is 0 Å². The van der Waals surface area contributed by atoms with Gasteiger partial charge in [-0.15, -0.1) is 0 Å². The molecule has 4 heteroatoms. The van der Waals surface area contributed by atoms with Crippen molar-refractivity contribution in [1.82, 2.24) is 4.98 Å². The van der Waals surface area contributed by atoms with E-state index in [9.17, 15) is 8.78 Å².